The molecule has 4 aromatic rings. The van der Waals surface area contributed by atoms with Gasteiger partial charge in [-0.2, -0.15) is 0 Å². The third kappa shape index (κ3) is 4.78. The van der Waals surface area contributed by atoms with Crippen LogP contribution in [0.15, 0.2) is 65.8 Å². The number of halogens is 4. The SMILES string of the molecule is COc1cc(C2OCCc3nc(SCc4c(F)cccc4Cl)n(-c4ccc(F)cc4)c32)ccc1Cl. The van der Waals surface area contributed by atoms with Crippen molar-refractivity contribution in [3.05, 3.63) is 105 Å². The van der Waals surface area contributed by atoms with E-state index in [1.807, 2.05) is 16.7 Å². The Bertz CT molecular complexity index is 1360. The Labute approximate surface area is 215 Å². The molecular weight excluding hydrogens is 513 g/mol. The number of thioether (sulfide) groups is 1. The summed E-state index contributed by atoms with van der Waals surface area (Å²) in [5.74, 6) is 0.106. The van der Waals surface area contributed by atoms with Crippen molar-refractivity contribution in [2.45, 2.75) is 23.4 Å². The second-order valence-corrected chi connectivity index (χ2v) is 9.68. The summed E-state index contributed by atoms with van der Waals surface area (Å²) < 4.78 is 41.7. The van der Waals surface area contributed by atoms with Gasteiger partial charge in [0.15, 0.2) is 5.16 Å². The maximum absolute atomic E-state index is 14.4. The first kappa shape index (κ1) is 24.1. The van der Waals surface area contributed by atoms with E-state index in [4.69, 9.17) is 37.7 Å². The molecule has 1 aliphatic rings. The highest BCUT2D eigenvalue weighted by atomic mass is 35.5. The first-order valence-corrected chi connectivity index (χ1v) is 12.6. The van der Waals surface area contributed by atoms with E-state index < -0.39 is 6.10 Å². The third-order valence-electron chi connectivity index (χ3n) is 5.80. The van der Waals surface area contributed by atoms with Crippen molar-refractivity contribution in [1.82, 2.24) is 9.55 Å². The maximum atomic E-state index is 14.4. The molecule has 0 bridgehead atoms. The monoisotopic (exact) mass is 532 g/mol. The number of aromatic nitrogens is 2. The summed E-state index contributed by atoms with van der Waals surface area (Å²) in [6.07, 6.45) is 0.160. The highest BCUT2D eigenvalue weighted by Crippen LogP contribution is 2.40. The van der Waals surface area contributed by atoms with Gasteiger partial charge < -0.3 is 9.47 Å². The van der Waals surface area contributed by atoms with Crippen LogP contribution in [0.25, 0.3) is 5.69 Å². The minimum Gasteiger partial charge on any atom is -0.495 e. The van der Waals surface area contributed by atoms with Crippen LogP contribution in [-0.2, 0) is 16.9 Å². The molecule has 0 aliphatic carbocycles. The lowest BCUT2D eigenvalue weighted by atomic mass is 10.0. The minimum absolute atomic E-state index is 0.281. The van der Waals surface area contributed by atoms with E-state index >= 15 is 0 Å². The van der Waals surface area contributed by atoms with Crippen molar-refractivity contribution >= 4 is 35.0 Å². The minimum atomic E-state index is -0.450. The zero-order valence-electron chi connectivity index (χ0n) is 18.6. The van der Waals surface area contributed by atoms with Gasteiger partial charge in [0.25, 0.3) is 0 Å². The van der Waals surface area contributed by atoms with Crippen LogP contribution >= 0.6 is 35.0 Å². The summed E-state index contributed by atoms with van der Waals surface area (Å²) in [5.41, 5.74) is 3.67. The average Bonchev–Trinajstić information content (AvgIpc) is 3.23. The van der Waals surface area contributed by atoms with E-state index in [1.165, 1.54) is 30.0 Å². The Morgan fingerprint density at radius 3 is 2.63 bits per heavy atom. The van der Waals surface area contributed by atoms with Crippen molar-refractivity contribution in [3.63, 3.8) is 0 Å². The number of methoxy groups -OCH3 is 1. The lowest BCUT2D eigenvalue weighted by Crippen LogP contribution is -2.20. The Hall–Kier alpha value is -2.58. The first-order chi connectivity index (χ1) is 17.0. The van der Waals surface area contributed by atoms with E-state index in [2.05, 4.69) is 0 Å². The van der Waals surface area contributed by atoms with E-state index in [1.54, 1.807) is 37.4 Å². The van der Waals surface area contributed by atoms with Gasteiger partial charge in [0.1, 0.15) is 23.5 Å². The van der Waals surface area contributed by atoms with Crippen LogP contribution in [0.5, 0.6) is 5.75 Å². The van der Waals surface area contributed by atoms with Gasteiger partial charge in [0.05, 0.1) is 30.1 Å². The number of ether oxygens (including phenoxy) is 2. The van der Waals surface area contributed by atoms with E-state index in [0.29, 0.717) is 39.5 Å². The molecule has 0 saturated carbocycles. The molecule has 180 valence electrons. The van der Waals surface area contributed by atoms with Gasteiger partial charge in [-0.15, -0.1) is 0 Å². The van der Waals surface area contributed by atoms with Crippen LogP contribution in [0.3, 0.4) is 0 Å². The smallest absolute Gasteiger partial charge is 0.173 e. The zero-order chi connectivity index (χ0) is 24.5. The Morgan fingerprint density at radius 2 is 1.89 bits per heavy atom. The third-order valence-corrected chi connectivity index (χ3v) is 7.43. The maximum Gasteiger partial charge on any atom is 0.173 e. The molecule has 0 saturated heterocycles. The summed E-state index contributed by atoms with van der Waals surface area (Å²) >= 11 is 13.9. The Balaban J connectivity index is 1.62. The van der Waals surface area contributed by atoms with Crippen LogP contribution in [0.1, 0.15) is 28.6 Å². The molecule has 1 atom stereocenters. The molecule has 5 rings (SSSR count). The molecule has 0 N–H and O–H groups in total. The molecule has 3 aromatic carbocycles. The fraction of sp³-hybridized carbons (Fsp3) is 0.192. The fourth-order valence-electron chi connectivity index (χ4n) is 4.10. The summed E-state index contributed by atoms with van der Waals surface area (Å²) in [6, 6.07) is 16.3. The number of nitrogens with zero attached hydrogens (tertiary/aromatic N) is 2. The molecular formula is C26H20Cl2F2N2O2S. The first-order valence-electron chi connectivity index (χ1n) is 10.8. The van der Waals surface area contributed by atoms with Crippen molar-refractivity contribution in [2.24, 2.45) is 0 Å². The summed E-state index contributed by atoms with van der Waals surface area (Å²) in [4.78, 5) is 4.89. The molecule has 1 aromatic heterocycles. The molecule has 0 fully saturated rings. The number of benzene rings is 3. The lowest BCUT2D eigenvalue weighted by molar-refractivity contribution is 0.0647. The van der Waals surface area contributed by atoms with Gasteiger partial charge in [-0.1, -0.05) is 47.1 Å². The van der Waals surface area contributed by atoms with Gasteiger partial charge in [-0.3, -0.25) is 4.57 Å². The topological polar surface area (TPSA) is 36.3 Å². The molecule has 0 spiro atoms. The van der Waals surface area contributed by atoms with Crippen LogP contribution < -0.4 is 4.74 Å². The molecule has 1 aliphatic heterocycles. The Morgan fingerprint density at radius 1 is 1.09 bits per heavy atom. The van der Waals surface area contributed by atoms with Crippen LogP contribution in [0, 0.1) is 11.6 Å². The van der Waals surface area contributed by atoms with Crippen LogP contribution in [0.4, 0.5) is 8.78 Å². The number of rotatable bonds is 6. The van der Waals surface area contributed by atoms with E-state index in [9.17, 15) is 8.78 Å². The van der Waals surface area contributed by atoms with E-state index in [-0.39, 0.29) is 17.4 Å². The standard InChI is InChI=1S/C26H20Cl2F2N2O2S/c1-33-23-13-15(5-10-20(23)28)25-24-22(11-12-34-25)31-26(32(24)17-8-6-16(29)7-9-17)35-14-18-19(27)3-2-4-21(18)30/h2-10,13,25H,11-12,14H2,1H3. The zero-order valence-corrected chi connectivity index (χ0v) is 20.9. The van der Waals surface area contributed by atoms with Gasteiger partial charge >= 0.3 is 0 Å². The second kappa shape index (κ2) is 10.2. The van der Waals surface area contributed by atoms with E-state index in [0.717, 1.165) is 22.6 Å². The average molecular weight is 533 g/mol. The van der Waals surface area contributed by atoms with Crippen molar-refractivity contribution < 1.29 is 18.3 Å². The number of hydrogen-bond donors (Lipinski definition) is 0. The Kier molecular flexibility index (Phi) is 7.02. The quantitative estimate of drug-likeness (QED) is 0.242. The number of imidazole rings is 1. The highest BCUT2D eigenvalue weighted by Gasteiger charge is 2.31. The van der Waals surface area contributed by atoms with Gasteiger partial charge in [-0.25, -0.2) is 13.8 Å². The predicted octanol–water partition coefficient (Wildman–Crippen LogP) is 7.42. The summed E-state index contributed by atoms with van der Waals surface area (Å²) in [7, 11) is 1.56. The highest BCUT2D eigenvalue weighted by molar-refractivity contribution is 7.98. The molecule has 4 nitrogen and oxygen atoms in total. The molecule has 35 heavy (non-hydrogen) atoms. The normalized spacial score (nSPS) is 15.2. The van der Waals surface area contributed by atoms with Crippen LogP contribution in [-0.4, -0.2) is 23.3 Å². The molecule has 2 heterocycles. The fourth-order valence-corrected chi connectivity index (χ4v) is 5.67. The number of fused-ring (bicyclic) bond motifs is 1. The largest absolute Gasteiger partial charge is 0.495 e. The van der Waals surface area contributed by atoms with Gasteiger partial charge in [0, 0.05) is 28.4 Å². The predicted molar refractivity (Wildman–Crippen MR) is 134 cm³/mol. The molecule has 9 heteroatoms. The van der Waals surface area contributed by atoms with Crippen molar-refractivity contribution in [2.75, 3.05) is 13.7 Å². The summed E-state index contributed by atoms with van der Waals surface area (Å²) in [6.45, 7) is 0.478. The van der Waals surface area contributed by atoms with Crippen molar-refractivity contribution in [1.29, 1.82) is 0 Å². The second-order valence-electron chi connectivity index (χ2n) is 7.92. The summed E-state index contributed by atoms with van der Waals surface area (Å²) in [5, 5.41) is 1.49. The van der Waals surface area contributed by atoms with Gasteiger partial charge in [-0.05, 0) is 54.1 Å². The van der Waals surface area contributed by atoms with Crippen LogP contribution in [0.2, 0.25) is 10.0 Å². The lowest BCUT2D eigenvalue weighted by Gasteiger charge is -2.26. The van der Waals surface area contributed by atoms with Crippen molar-refractivity contribution in [3.8, 4) is 11.4 Å². The molecule has 0 amide bonds. The molecule has 0 radical (unpaired) electrons. The molecule has 1 unspecified atom stereocenters. The number of hydrogen-bond acceptors (Lipinski definition) is 4. The van der Waals surface area contributed by atoms with Gasteiger partial charge in [0.2, 0.25) is 0 Å².